The molecule has 0 aliphatic heterocycles. The predicted molar refractivity (Wildman–Crippen MR) is 84.3 cm³/mol. The van der Waals surface area contributed by atoms with Gasteiger partial charge >= 0.3 is 0 Å². The van der Waals surface area contributed by atoms with Crippen LogP contribution in [0.1, 0.15) is 19.8 Å². The highest BCUT2D eigenvalue weighted by atomic mass is 79.9. The van der Waals surface area contributed by atoms with Gasteiger partial charge < -0.3 is 5.32 Å². The second kappa shape index (κ2) is 8.09. The van der Waals surface area contributed by atoms with Crippen molar-refractivity contribution in [3.8, 4) is 0 Å². The highest BCUT2D eigenvalue weighted by Crippen LogP contribution is 2.26. The van der Waals surface area contributed by atoms with Gasteiger partial charge in [-0.25, -0.2) is 8.42 Å². The molecule has 0 atom stereocenters. The first-order valence-electron chi connectivity index (χ1n) is 6.11. The van der Waals surface area contributed by atoms with E-state index in [9.17, 15) is 8.42 Å². The summed E-state index contributed by atoms with van der Waals surface area (Å²) < 4.78 is 27.1. The van der Waals surface area contributed by atoms with Crippen molar-refractivity contribution in [2.45, 2.75) is 19.8 Å². The molecular formula is C12H18BrClN2O2S. The van der Waals surface area contributed by atoms with Crippen molar-refractivity contribution in [3.63, 3.8) is 0 Å². The number of unbranched alkanes of at least 4 members (excludes halogenated alkanes) is 1. The average molecular weight is 370 g/mol. The fourth-order valence-electron chi connectivity index (χ4n) is 1.51. The minimum absolute atomic E-state index is 0.102. The van der Waals surface area contributed by atoms with Crippen LogP contribution >= 0.6 is 27.5 Å². The Bertz CT molecular complexity index is 508. The molecule has 1 rings (SSSR count). The maximum absolute atomic E-state index is 11.9. The van der Waals surface area contributed by atoms with Crippen LogP contribution in [0.4, 0.5) is 5.69 Å². The number of rotatable bonds is 8. The van der Waals surface area contributed by atoms with Gasteiger partial charge in [-0.05, 0) is 44.1 Å². The molecule has 0 fully saturated rings. The summed E-state index contributed by atoms with van der Waals surface area (Å²) in [6.07, 6.45) is 1.46. The van der Waals surface area contributed by atoms with E-state index in [0.29, 0.717) is 17.1 Å². The van der Waals surface area contributed by atoms with E-state index in [2.05, 4.69) is 26.0 Å². The van der Waals surface area contributed by atoms with E-state index in [1.165, 1.54) is 0 Å². The first-order valence-corrected chi connectivity index (χ1v) is 8.93. The highest BCUT2D eigenvalue weighted by molar-refractivity contribution is 9.10. The summed E-state index contributed by atoms with van der Waals surface area (Å²) in [6.45, 7) is 3.76. The normalized spacial score (nSPS) is 11.5. The lowest BCUT2D eigenvalue weighted by Crippen LogP contribution is -2.19. The zero-order chi connectivity index (χ0) is 14.3. The monoisotopic (exact) mass is 368 g/mol. The number of halogens is 2. The van der Waals surface area contributed by atoms with Gasteiger partial charge in [-0.3, -0.25) is 4.72 Å². The average Bonchev–Trinajstić information content (AvgIpc) is 2.32. The maximum Gasteiger partial charge on any atom is 0.232 e. The Morgan fingerprint density at radius 1 is 1.32 bits per heavy atom. The molecule has 4 nitrogen and oxygen atoms in total. The Morgan fingerprint density at radius 2 is 2.05 bits per heavy atom. The lowest BCUT2D eigenvalue weighted by molar-refractivity contribution is 0.593. The molecule has 0 radical (unpaired) electrons. The molecule has 0 aliphatic carbocycles. The van der Waals surface area contributed by atoms with Gasteiger partial charge in [0.15, 0.2) is 0 Å². The molecule has 19 heavy (non-hydrogen) atoms. The molecule has 0 saturated carbocycles. The minimum atomic E-state index is -3.33. The summed E-state index contributed by atoms with van der Waals surface area (Å²) in [5.74, 6) is 0.102. The van der Waals surface area contributed by atoms with Gasteiger partial charge in [0.1, 0.15) is 0 Å². The zero-order valence-corrected chi connectivity index (χ0v) is 13.9. The lowest BCUT2D eigenvalue weighted by atomic mass is 10.3. The Balaban J connectivity index is 2.50. The van der Waals surface area contributed by atoms with Crippen molar-refractivity contribution in [1.29, 1.82) is 0 Å². The van der Waals surface area contributed by atoms with Gasteiger partial charge in [-0.1, -0.05) is 34.5 Å². The fraction of sp³-hybridized carbons (Fsp3) is 0.500. The van der Waals surface area contributed by atoms with Gasteiger partial charge in [-0.2, -0.15) is 0 Å². The van der Waals surface area contributed by atoms with Gasteiger partial charge in [-0.15, -0.1) is 0 Å². The van der Waals surface area contributed by atoms with E-state index in [1.54, 1.807) is 18.2 Å². The van der Waals surface area contributed by atoms with Crippen molar-refractivity contribution in [2.24, 2.45) is 0 Å². The number of anilines is 1. The van der Waals surface area contributed by atoms with Gasteiger partial charge in [0.25, 0.3) is 0 Å². The van der Waals surface area contributed by atoms with Crippen molar-refractivity contribution >= 4 is 43.2 Å². The molecule has 1 aromatic rings. The van der Waals surface area contributed by atoms with E-state index < -0.39 is 10.0 Å². The molecule has 0 amide bonds. The van der Waals surface area contributed by atoms with Crippen molar-refractivity contribution < 1.29 is 8.42 Å². The van der Waals surface area contributed by atoms with Crippen molar-refractivity contribution in [3.05, 3.63) is 27.7 Å². The van der Waals surface area contributed by atoms with Crippen LogP contribution in [0.2, 0.25) is 5.02 Å². The molecule has 7 heteroatoms. The number of nitrogens with one attached hydrogen (secondary N) is 2. The molecule has 108 valence electrons. The van der Waals surface area contributed by atoms with Crippen molar-refractivity contribution in [1.82, 2.24) is 5.32 Å². The van der Waals surface area contributed by atoms with E-state index in [4.69, 9.17) is 11.6 Å². The minimum Gasteiger partial charge on any atom is -0.317 e. The molecule has 0 aliphatic rings. The van der Waals surface area contributed by atoms with Crippen LogP contribution in [-0.2, 0) is 10.0 Å². The van der Waals surface area contributed by atoms with Gasteiger partial charge in [0.2, 0.25) is 10.0 Å². The molecule has 0 saturated heterocycles. The number of sulfonamides is 1. The molecular weight excluding hydrogens is 352 g/mol. The third-order valence-corrected chi connectivity index (χ3v) is 4.63. The Labute approximate surface area is 128 Å². The molecule has 1 aromatic carbocycles. The fourth-order valence-corrected chi connectivity index (χ4v) is 3.49. The van der Waals surface area contributed by atoms with Crippen LogP contribution in [0.3, 0.4) is 0 Å². The smallest absolute Gasteiger partial charge is 0.232 e. The summed E-state index contributed by atoms with van der Waals surface area (Å²) in [7, 11) is -3.33. The van der Waals surface area contributed by atoms with Crippen molar-refractivity contribution in [2.75, 3.05) is 23.6 Å². The summed E-state index contributed by atoms with van der Waals surface area (Å²) in [5, 5.41) is 3.54. The Morgan fingerprint density at radius 3 is 2.68 bits per heavy atom. The Kier molecular flexibility index (Phi) is 7.13. The van der Waals surface area contributed by atoms with Crippen LogP contribution in [0.15, 0.2) is 22.7 Å². The highest BCUT2D eigenvalue weighted by Gasteiger charge is 2.12. The second-order valence-electron chi connectivity index (χ2n) is 4.11. The standard InChI is InChI=1S/C12H18BrClN2O2S/c1-2-15-7-3-4-8-19(17,18)16-12-6-5-10(13)9-11(12)14/h5-6,9,15-16H,2-4,7-8H2,1H3. The maximum atomic E-state index is 11.9. The van der Waals surface area contributed by atoms with E-state index in [1.807, 2.05) is 6.92 Å². The van der Waals surface area contributed by atoms with Crippen LogP contribution in [-0.4, -0.2) is 27.3 Å². The molecule has 0 aromatic heterocycles. The van der Waals surface area contributed by atoms with Crippen LogP contribution in [0.25, 0.3) is 0 Å². The van der Waals surface area contributed by atoms with E-state index >= 15 is 0 Å². The van der Waals surface area contributed by atoms with Crippen LogP contribution in [0.5, 0.6) is 0 Å². The number of hydrogen-bond acceptors (Lipinski definition) is 3. The predicted octanol–water partition coefficient (Wildman–Crippen LogP) is 3.23. The van der Waals surface area contributed by atoms with E-state index in [-0.39, 0.29) is 5.75 Å². The van der Waals surface area contributed by atoms with Crippen LogP contribution in [0, 0.1) is 0 Å². The number of benzene rings is 1. The third kappa shape index (κ3) is 6.61. The molecule has 2 N–H and O–H groups in total. The first kappa shape index (κ1) is 16.8. The zero-order valence-electron chi connectivity index (χ0n) is 10.7. The summed E-state index contributed by atoms with van der Waals surface area (Å²) >= 11 is 9.24. The summed E-state index contributed by atoms with van der Waals surface area (Å²) in [6, 6.07) is 5.04. The lowest BCUT2D eigenvalue weighted by Gasteiger charge is -2.09. The molecule has 0 spiro atoms. The Hall–Kier alpha value is -0.300. The molecule has 0 bridgehead atoms. The molecule has 0 unspecified atom stereocenters. The van der Waals surface area contributed by atoms with Gasteiger partial charge in [0, 0.05) is 4.47 Å². The van der Waals surface area contributed by atoms with Crippen LogP contribution < -0.4 is 10.0 Å². The first-order chi connectivity index (χ1) is 8.94. The quantitative estimate of drug-likeness (QED) is 0.692. The van der Waals surface area contributed by atoms with Gasteiger partial charge in [0.05, 0.1) is 16.5 Å². The second-order valence-corrected chi connectivity index (χ2v) is 7.27. The largest absolute Gasteiger partial charge is 0.317 e. The van der Waals surface area contributed by atoms with E-state index in [0.717, 1.165) is 24.0 Å². The molecule has 0 heterocycles. The SMILES string of the molecule is CCNCCCCS(=O)(=O)Nc1ccc(Br)cc1Cl. The summed E-state index contributed by atoms with van der Waals surface area (Å²) in [5.41, 5.74) is 0.413. The third-order valence-electron chi connectivity index (χ3n) is 2.46. The topological polar surface area (TPSA) is 58.2 Å². The number of hydrogen-bond donors (Lipinski definition) is 2. The summed E-state index contributed by atoms with van der Waals surface area (Å²) in [4.78, 5) is 0.